The highest BCUT2D eigenvalue weighted by Crippen LogP contribution is 2.20. The monoisotopic (exact) mass is 312 g/mol. The molecule has 2 rings (SSSR count). The van der Waals surface area contributed by atoms with Gasteiger partial charge in [0, 0.05) is 18.2 Å². The maximum absolute atomic E-state index is 11.8. The third-order valence-electron chi connectivity index (χ3n) is 3.68. The fraction of sp³-hybridized carbons (Fsp3) is 0.421. The van der Waals surface area contributed by atoms with Gasteiger partial charge in [0.15, 0.2) is 0 Å². The second-order valence-electron chi connectivity index (χ2n) is 5.56. The molecule has 0 spiro atoms. The molecule has 1 aromatic heterocycles. The molecule has 0 saturated heterocycles. The van der Waals surface area contributed by atoms with Crippen LogP contribution in [-0.2, 0) is 11.2 Å². The lowest BCUT2D eigenvalue weighted by atomic mass is 10.1. The largest absolute Gasteiger partial charge is 0.427 e. The van der Waals surface area contributed by atoms with E-state index in [4.69, 9.17) is 4.74 Å². The molecule has 0 saturated carbocycles. The zero-order chi connectivity index (χ0) is 16.5. The van der Waals surface area contributed by atoms with E-state index in [0.717, 1.165) is 36.2 Å². The molecule has 122 valence electrons. The summed E-state index contributed by atoms with van der Waals surface area (Å²) >= 11 is 0. The Morgan fingerprint density at radius 1 is 1.00 bits per heavy atom. The molecule has 0 unspecified atom stereocenters. The molecule has 0 N–H and O–H groups in total. The Balaban J connectivity index is 1.89. The molecular formula is C19H24N2O2. The number of esters is 1. The fourth-order valence-electron chi connectivity index (χ4n) is 2.26. The Labute approximate surface area is 137 Å². The summed E-state index contributed by atoms with van der Waals surface area (Å²) in [5.41, 5.74) is 2.75. The summed E-state index contributed by atoms with van der Waals surface area (Å²) in [6.07, 6.45) is 9.22. The van der Waals surface area contributed by atoms with Crippen LogP contribution in [0.2, 0.25) is 0 Å². The van der Waals surface area contributed by atoms with Crippen LogP contribution in [0.4, 0.5) is 0 Å². The highest BCUT2D eigenvalue weighted by atomic mass is 16.5. The lowest BCUT2D eigenvalue weighted by Crippen LogP contribution is -2.07. The Kier molecular flexibility index (Phi) is 6.73. The van der Waals surface area contributed by atoms with Crippen molar-refractivity contribution in [2.75, 3.05) is 0 Å². The van der Waals surface area contributed by atoms with Crippen molar-refractivity contribution in [3.05, 3.63) is 42.4 Å². The van der Waals surface area contributed by atoms with Gasteiger partial charge in [-0.25, -0.2) is 0 Å². The Hall–Kier alpha value is -2.23. The topological polar surface area (TPSA) is 52.1 Å². The van der Waals surface area contributed by atoms with Gasteiger partial charge in [-0.2, -0.15) is 0 Å². The molecule has 0 radical (unpaired) electrons. The first-order valence-corrected chi connectivity index (χ1v) is 8.35. The van der Waals surface area contributed by atoms with Crippen LogP contribution >= 0.6 is 0 Å². The maximum Gasteiger partial charge on any atom is 0.311 e. The van der Waals surface area contributed by atoms with Crippen LogP contribution in [0.25, 0.3) is 11.3 Å². The van der Waals surface area contributed by atoms with Crippen molar-refractivity contribution in [1.29, 1.82) is 0 Å². The highest BCUT2D eigenvalue weighted by Gasteiger charge is 2.06. The standard InChI is InChI=1S/C19H24N2O2/c1-3-5-6-7-8-19(22)23-17-11-9-15(10-12-17)18-14-20-16(4-2)13-21-18/h9-14H,3-8H2,1-2H3. The van der Waals surface area contributed by atoms with Gasteiger partial charge >= 0.3 is 5.97 Å². The molecule has 4 heteroatoms. The number of ether oxygens (including phenoxy) is 1. The number of aromatic nitrogens is 2. The summed E-state index contributed by atoms with van der Waals surface area (Å²) in [5.74, 6) is 0.410. The van der Waals surface area contributed by atoms with Crippen molar-refractivity contribution in [1.82, 2.24) is 9.97 Å². The second kappa shape index (κ2) is 9.03. The number of rotatable bonds is 8. The lowest BCUT2D eigenvalue weighted by molar-refractivity contribution is -0.134. The SMILES string of the molecule is CCCCCCC(=O)Oc1ccc(-c2cnc(CC)cn2)cc1. The van der Waals surface area contributed by atoms with E-state index in [9.17, 15) is 4.79 Å². The van der Waals surface area contributed by atoms with Gasteiger partial charge in [-0.15, -0.1) is 0 Å². The van der Waals surface area contributed by atoms with E-state index < -0.39 is 0 Å². The predicted octanol–water partition coefficient (Wildman–Crippen LogP) is 4.58. The van der Waals surface area contributed by atoms with Gasteiger partial charge in [0.05, 0.1) is 17.6 Å². The van der Waals surface area contributed by atoms with E-state index in [1.54, 1.807) is 24.5 Å². The van der Waals surface area contributed by atoms with Gasteiger partial charge < -0.3 is 4.74 Å². The van der Waals surface area contributed by atoms with Gasteiger partial charge in [-0.05, 0) is 37.1 Å². The zero-order valence-corrected chi connectivity index (χ0v) is 13.9. The summed E-state index contributed by atoms with van der Waals surface area (Å²) < 4.78 is 5.35. The minimum atomic E-state index is -0.166. The first kappa shape index (κ1) is 17.1. The van der Waals surface area contributed by atoms with Crippen LogP contribution in [0, 0.1) is 0 Å². The van der Waals surface area contributed by atoms with Crippen molar-refractivity contribution in [2.45, 2.75) is 52.4 Å². The molecule has 0 aliphatic heterocycles. The van der Waals surface area contributed by atoms with E-state index in [-0.39, 0.29) is 5.97 Å². The Morgan fingerprint density at radius 3 is 2.39 bits per heavy atom. The molecule has 1 aromatic carbocycles. The molecule has 2 aromatic rings. The van der Waals surface area contributed by atoms with Crippen molar-refractivity contribution in [3.63, 3.8) is 0 Å². The smallest absolute Gasteiger partial charge is 0.311 e. The lowest BCUT2D eigenvalue weighted by Gasteiger charge is -2.06. The Morgan fingerprint density at radius 2 is 1.78 bits per heavy atom. The minimum absolute atomic E-state index is 0.166. The van der Waals surface area contributed by atoms with E-state index in [1.807, 2.05) is 12.1 Å². The maximum atomic E-state index is 11.8. The van der Waals surface area contributed by atoms with Crippen molar-refractivity contribution >= 4 is 5.97 Å². The van der Waals surface area contributed by atoms with Crippen LogP contribution < -0.4 is 4.74 Å². The summed E-state index contributed by atoms with van der Waals surface area (Å²) in [7, 11) is 0. The molecule has 0 aliphatic rings. The fourth-order valence-corrected chi connectivity index (χ4v) is 2.26. The summed E-state index contributed by atoms with van der Waals surface area (Å²) in [5, 5.41) is 0. The molecule has 0 amide bonds. The van der Waals surface area contributed by atoms with Crippen molar-refractivity contribution in [2.24, 2.45) is 0 Å². The molecular weight excluding hydrogens is 288 g/mol. The molecule has 0 fully saturated rings. The summed E-state index contributed by atoms with van der Waals surface area (Å²) in [6.45, 7) is 4.20. The predicted molar refractivity (Wildman–Crippen MR) is 91.2 cm³/mol. The number of nitrogens with zero attached hydrogens (tertiary/aromatic N) is 2. The molecule has 0 atom stereocenters. The third kappa shape index (κ3) is 5.47. The quantitative estimate of drug-likeness (QED) is 0.406. The first-order chi connectivity index (χ1) is 11.2. The number of unbranched alkanes of at least 4 members (excludes halogenated alkanes) is 3. The van der Waals surface area contributed by atoms with Crippen LogP contribution in [0.3, 0.4) is 0 Å². The summed E-state index contributed by atoms with van der Waals surface area (Å²) in [6, 6.07) is 7.40. The van der Waals surface area contributed by atoms with Gasteiger partial charge in [-0.3, -0.25) is 14.8 Å². The van der Waals surface area contributed by atoms with Crippen LogP contribution in [0.5, 0.6) is 5.75 Å². The van der Waals surface area contributed by atoms with Gasteiger partial charge in [0.2, 0.25) is 0 Å². The Bertz CT molecular complexity index is 606. The number of carbonyl (C=O) groups is 1. The third-order valence-corrected chi connectivity index (χ3v) is 3.68. The molecule has 0 aliphatic carbocycles. The average Bonchev–Trinajstić information content (AvgIpc) is 2.59. The number of benzene rings is 1. The van der Waals surface area contributed by atoms with E-state index in [2.05, 4.69) is 23.8 Å². The van der Waals surface area contributed by atoms with Crippen LogP contribution in [-0.4, -0.2) is 15.9 Å². The molecule has 23 heavy (non-hydrogen) atoms. The van der Waals surface area contributed by atoms with Crippen molar-refractivity contribution < 1.29 is 9.53 Å². The zero-order valence-electron chi connectivity index (χ0n) is 13.9. The van der Waals surface area contributed by atoms with Crippen LogP contribution in [0.15, 0.2) is 36.7 Å². The molecule has 4 nitrogen and oxygen atoms in total. The number of aryl methyl sites for hydroxylation is 1. The average molecular weight is 312 g/mol. The first-order valence-electron chi connectivity index (χ1n) is 8.35. The highest BCUT2D eigenvalue weighted by molar-refractivity contribution is 5.72. The van der Waals surface area contributed by atoms with Gasteiger partial charge in [-0.1, -0.05) is 33.1 Å². The number of hydrogen-bond acceptors (Lipinski definition) is 4. The van der Waals surface area contributed by atoms with Crippen molar-refractivity contribution in [3.8, 4) is 17.0 Å². The molecule has 0 bridgehead atoms. The molecule has 1 heterocycles. The van der Waals surface area contributed by atoms with Gasteiger partial charge in [0.25, 0.3) is 0 Å². The van der Waals surface area contributed by atoms with Crippen LogP contribution in [0.1, 0.15) is 51.6 Å². The number of carbonyl (C=O) groups excluding carboxylic acids is 1. The normalized spacial score (nSPS) is 10.5. The van der Waals surface area contributed by atoms with E-state index >= 15 is 0 Å². The van der Waals surface area contributed by atoms with Gasteiger partial charge in [0.1, 0.15) is 5.75 Å². The second-order valence-corrected chi connectivity index (χ2v) is 5.56. The van der Waals surface area contributed by atoms with E-state index in [0.29, 0.717) is 12.2 Å². The summed E-state index contributed by atoms with van der Waals surface area (Å²) in [4.78, 5) is 20.5. The number of hydrogen-bond donors (Lipinski definition) is 0. The minimum Gasteiger partial charge on any atom is -0.427 e. The van der Waals surface area contributed by atoms with E-state index in [1.165, 1.54) is 12.8 Å².